The van der Waals surface area contributed by atoms with Crippen LogP contribution in [-0.4, -0.2) is 65.7 Å². The van der Waals surface area contributed by atoms with E-state index in [9.17, 15) is 19.2 Å². The van der Waals surface area contributed by atoms with Gasteiger partial charge in [0.05, 0.1) is 19.6 Å². The summed E-state index contributed by atoms with van der Waals surface area (Å²) < 4.78 is 0. The molecule has 0 spiro atoms. The van der Waals surface area contributed by atoms with Crippen molar-refractivity contribution in [3.63, 3.8) is 0 Å². The Balaban J connectivity index is 0. The van der Waals surface area contributed by atoms with E-state index in [1.807, 2.05) is 0 Å². The Kier molecular flexibility index (Phi) is 15.3. The van der Waals surface area contributed by atoms with Gasteiger partial charge in [-0.3, -0.25) is 19.2 Å². The van der Waals surface area contributed by atoms with Gasteiger partial charge in [0.2, 0.25) is 17.7 Å². The second-order valence-corrected chi connectivity index (χ2v) is 5.42. The average Bonchev–Trinajstić information content (AvgIpc) is 2.42. The number of hydrogen-bond donors (Lipinski definition) is 2. The van der Waals surface area contributed by atoms with Gasteiger partial charge in [-0.1, -0.05) is 15.9 Å². The van der Waals surface area contributed by atoms with Crippen molar-refractivity contribution in [3.8, 4) is 0 Å². The molecule has 0 saturated carbocycles. The van der Waals surface area contributed by atoms with E-state index in [2.05, 4.69) is 26.6 Å². The van der Waals surface area contributed by atoms with E-state index < -0.39 is 5.91 Å². The minimum Gasteiger partial charge on any atom is -0.791 e. The number of carbonyl (C=O) groups excluding carboxylic acids is 4. The molecular weight excluding hydrogens is 554 g/mol. The second kappa shape index (κ2) is 14.2. The summed E-state index contributed by atoms with van der Waals surface area (Å²) in [5.74, 6) is -0.935. The van der Waals surface area contributed by atoms with Crippen molar-refractivity contribution in [2.75, 3.05) is 37.3 Å². The molecular formula is C12H19BrIrN3O4S-. The summed E-state index contributed by atoms with van der Waals surface area (Å²) in [7, 11) is 0. The molecule has 129 valence electrons. The summed E-state index contributed by atoms with van der Waals surface area (Å²) >= 11 is 7.90. The van der Waals surface area contributed by atoms with Crippen LogP contribution < -0.4 is 10.6 Å². The largest absolute Gasteiger partial charge is 0.791 e. The van der Waals surface area contributed by atoms with Crippen LogP contribution in [0.15, 0.2) is 0 Å². The fourth-order valence-electron chi connectivity index (χ4n) is 1.37. The van der Waals surface area contributed by atoms with Crippen molar-refractivity contribution in [1.82, 2.24) is 15.5 Å². The number of nitrogens with one attached hydrogen (secondary N) is 2. The maximum Gasteiger partial charge on any atom is 0.242 e. The topological polar surface area (TPSA) is 95.6 Å². The minimum atomic E-state index is -0.465. The average molecular weight is 573 g/mol. The fourth-order valence-corrected chi connectivity index (χ4v) is 1.95. The van der Waals surface area contributed by atoms with Gasteiger partial charge in [-0.15, -0.1) is 0 Å². The van der Waals surface area contributed by atoms with Gasteiger partial charge in [0.15, 0.2) is 0 Å². The molecule has 22 heavy (non-hydrogen) atoms. The van der Waals surface area contributed by atoms with Crippen molar-refractivity contribution in [2.24, 2.45) is 0 Å². The zero-order valence-electron chi connectivity index (χ0n) is 12.1. The fraction of sp³-hybridized carbons (Fsp3) is 0.667. The SMILES string of the molecule is CC(=O)CN(CC[S-])C(=O)CNC(=O)CNC(=O)CCBr.[Ir]. The molecule has 0 aromatic rings. The number of carbonyl (C=O) groups is 4. The zero-order chi connectivity index (χ0) is 16.3. The number of Topliss-reactive ketones (excluding diaryl/α,β-unsaturated/α-hetero) is 1. The Labute approximate surface area is 157 Å². The first-order valence-corrected chi connectivity index (χ1v) is 8.05. The molecule has 0 bridgehead atoms. The number of nitrogens with zero attached hydrogens (tertiary/aromatic N) is 1. The van der Waals surface area contributed by atoms with Gasteiger partial charge < -0.3 is 28.2 Å². The summed E-state index contributed by atoms with van der Waals surface area (Å²) in [6.45, 7) is 1.23. The Bertz CT molecular complexity index is 399. The maximum absolute atomic E-state index is 11.8. The van der Waals surface area contributed by atoms with Gasteiger partial charge in [0.25, 0.3) is 0 Å². The molecule has 0 aliphatic carbocycles. The Morgan fingerprint density at radius 3 is 2.18 bits per heavy atom. The summed E-state index contributed by atoms with van der Waals surface area (Å²) in [5.41, 5.74) is 0. The van der Waals surface area contributed by atoms with Gasteiger partial charge in [0, 0.05) is 31.9 Å². The van der Waals surface area contributed by atoms with Crippen molar-refractivity contribution in [1.29, 1.82) is 0 Å². The van der Waals surface area contributed by atoms with Crippen LogP contribution in [0.1, 0.15) is 13.3 Å². The van der Waals surface area contributed by atoms with Gasteiger partial charge in [-0.25, -0.2) is 0 Å². The summed E-state index contributed by atoms with van der Waals surface area (Å²) in [5, 5.41) is 5.32. The normalized spacial score (nSPS) is 9.41. The van der Waals surface area contributed by atoms with Crippen LogP contribution in [-0.2, 0) is 51.9 Å². The summed E-state index contributed by atoms with van der Waals surface area (Å²) in [6.07, 6.45) is 0.275. The van der Waals surface area contributed by atoms with Crippen molar-refractivity contribution in [2.45, 2.75) is 13.3 Å². The summed E-state index contributed by atoms with van der Waals surface area (Å²) in [4.78, 5) is 46.8. The third-order valence-corrected chi connectivity index (χ3v) is 2.91. The number of hydrogen-bond acceptors (Lipinski definition) is 5. The van der Waals surface area contributed by atoms with E-state index in [1.165, 1.54) is 11.8 Å². The molecule has 0 aromatic carbocycles. The molecule has 2 N–H and O–H groups in total. The van der Waals surface area contributed by atoms with Gasteiger partial charge in [-0.2, -0.15) is 5.75 Å². The Hall–Kier alpha value is -0.441. The van der Waals surface area contributed by atoms with Crippen LogP contribution >= 0.6 is 15.9 Å². The molecule has 0 aliphatic rings. The molecule has 0 aliphatic heterocycles. The quantitative estimate of drug-likeness (QED) is 0.258. The first kappa shape index (κ1) is 23.8. The molecule has 10 heteroatoms. The van der Waals surface area contributed by atoms with E-state index in [4.69, 9.17) is 12.6 Å². The number of halogens is 1. The van der Waals surface area contributed by atoms with E-state index in [-0.39, 0.29) is 70.3 Å². The first-order valence-electron chi connectivity index (χ1n) is 6.35. The molecule has 0 aromatic heterocycles. The van der Waals surface area contributed by atoms with Crippen LogP contribution in [0, 0.1) is 0 Å². The third kappa shape index (κ3) is 12.1. The molecule has 1 radical (unpaired) electrons. The number of amides is 3. The predicted octanol–water partition coefficient (Wildman–Crippen LogP) is -1.03. The number of ketones is 1. The van der Waals surface area contributed by atoms with E-state index in [1.54, 1.807) is 0 Å². The monoisotopic (exact) mass is 573 g/mol. The van der Waals surface area contributed by atoms with Crippen LogP contribution in [0.4, 0.5) is 0 Å². The van der Waals surface area contributed by atoms with Crippen LogP contribution in [0.2, 0.25) is 0 Å². The molecule has 7 nitrogen and oxygen atoms in total. The van der Waals surface area contributed by atoms with Crippen LogP contribution in [0.5, 0.6) is 0 Å². The predicted molar refractivity (Wildman–Crippen MR) is 83.9 cm³/mol. The Morgan fingerprint density at radius 2 is 1.68 bits per heavy atom. The third-order valence-electron chi connectivity index (χ3n) is 2.33. The zero-order valence-corrected chi connectivity index (χ0v) is 16.9. The second-order valence-electron chi connectivity index (χ2n) is 4.21. The number of rotatable bonds is 10. The van der Waals surface area contributed by atoms with Crippen molar-refractivity contribution >= 4 is 52.1 Å². The summed E-state index contributed by atoms with van der Waals surface area (Å²) in [6, 6.07) is 0. The minimum absolute atomic E-state index is 0. The Morgan fingerprint density at radius 1 is 1.09 bits per heavy atom. The number of alkyl halides is 1. The van der Waals surface area contributed by atoms with E-state index >= 15 is 0 Å². The first-order chi connectivity index (χ1) is 9.90. The molecule has 0 atom stereocenters. The van der Waals surface area contributed by atoms with Crippen LogP contribution in [0.25, 0.3) is 0 Å². The molecule has 0 saturated heterocycles. The van der Waals surface area contributed by atoms with Gasteiger partial charge in [-0.05, 0) is 13.5 Å². The maximum atomic E-state index is 11.8. The molecule has 0 heterocycles. The van der Waals surface area contributed by atoms with Gasteiger partial charge in [0.1, 0.15) is 5.78 Å². The molecule has 0 fully saturated rings. The molecule has 0 unspecified atom stereocenters. The van der Waals surface area contributed by atoms with Crippen LogP contribution in [0.3, 0.4) is 0 Å². The molecule has 3 amide bonds. The van der Waals surface area contributed by atoms with Gasteiger partial charge >= 0.3 is 0 Å². The van der Waals surface area contributed by atoms with E-state index in [0.29, 0.717) is 11.1 Å². The molecule has 0 rings (SSSR count). The smallest absolute Gasteiger partial charge is 0.242 e. The van der Waals surface area contributed by atoms with E-state index in [0.717, 1.165) is 0 Å². The van der Waals surface area contributed by atoms with Crippen molar-refractivity contribution < 1.29 is 39.3 Å². The standard InChI is InChI=1S/C12H20BrN3O4S.Ir/c1-9(17)8-16(4-5-21)12(20)7-15-11(19)6-14-10(18)2-3-13;/h21H,2-8H2,1H3,(H,14,18)(H,15,19);/p-1. The van der Waals surface area contributed by atoms with Crippen molar-refractivity contribution in [3.05, 3.63) is 0 Å².